The molecule has 0 saturated heterocycles. The molecule has 0 spiro atoms. The van der Waals surface area contributed by atoms with Crippen molar-refractivity contribution in [3.63, 3.8) is 0 Å². The zero-order valence-corrected chi connectivity index (χ0v) is 12.3. The van der Waals surface area contributed by atoms with Gasteiger partial charge in [0, 0.05) is 0 Å². The topological polar surface area (TPSA) is 61.0 Å². The van der Waals surface area contributed by atoms with E-state index in [4.69, 9.17) is 10.5 Å². The minimum absolute atomic E-state index is 0.115. The number of nitrogens with zero attached hydrogens (tertiary/aromatic N) is 2. The second kappa shape index (κ2) is 7.08. The summed E-state index contributed by atoms with van der Waals surface area (Å²) in [5.74, 6) is 0.816. The number of nitrogens with two attached hydrogens (primary N) is 1. The third kappa shape index (κ3) is 3.83. The van der Waals surface area contributed by atoms with Gasteiger partial charge in [-0.2, -0.15) is 0 Å². The lowest BCUT2D eigenvalue weighted by molar-refractivity contribution is 0.199. The molecule has 1 unspecified atom stereocenters. The van der Waals surface area contributed by atoms with Crippen LogP contribution in [0.2, 0.25) is 0 Å². The normalized spacial score (nSPS) is 12.5. The van der Waals surface area contributed by atoms with Crippen LogP contribution < -0.4 is 10.5 Å². The predicted molar refractivity (Wildman–Crippen MR) is 82.8 cm³/mol. The van der Waals surface area contributed by atoms with Crippen LogP contribution >= 0.6 is 0 Å². The summed E-state index contributed by atoms with van der Waals surface area (Å²) in [5.41, 5.74) is 7.53. The van der Waals surface area contributed by atoms with E-state index >= 15 is 0 Å². The minimum atomic E-state index is 0.115. The van der Waals surface area contributed by atoms with E-state index in [1.54, 1.807) is 0 Å². The Morgan fingerprint density at radius 2 is 1.80 bits per heavy atom. The highest BCUT2D eigenvalue weighted by atomic mass is 16.5. The number of ether oxygens (including phenoxy) is 1. The van der Waals surface area contributed by atoms with E-state index in [0.717, 1.165) is 17.5 Å². The third-order valence-electron chi connectivity index (χ3n) is 3.34. The zero-order valence-electron chi connectivity index (χ0n) is 12.3. The van der Waals surface area contributed by atoms with Gasteiger partial charge in [-0.25, -0.2) is 9.97 Å². The molecule has 20 heavy (non-hydrogen) atoms. The summed E-state index contributed by atoms with van der Waals surface area (Å²) in [5, 5.41) is 0. The van der Waals surface area contributed by atoms with E-state index in [1.165, 1.54) is 25.7 Å². The van der Waals surface area contributed by atoms with Crippen LogP contribution in [0.5, 0.6) is 5.88 Å². The van der Waals surface area contributed by atoms with Crippen molar-refractivity contribution in [3.8, 4) is 5.88 Å². The van der Waals surface area contributed by atoms with E-state index in [-0.39, 0.29) is 6.10 Å². The first-order chi connectivity index (χ1) is 9.70. The summed E-state index contributed by atoms with van der Waals surface area (Å²) in [6, 6.07) is 7.68. The van der Waals surface area contributed by atoms with Crippen molar-refractivity contribution in [1.82, 2.24) is 9.97 Å². The molecule has 0 fully saturated rings. The van der Waals surface area contributed by atoms with Crippen molar-refractivity contribution in [2.45, 2.75) is 52.1 Å². The van der Waals surface area contributed by atoms with Crippen molar-refractivity contribution in [2.24, 2.45) is 0 Å². The van der Waals surface area contributed by atoms with Crippen molar-refractivity contribution < 1.29 is 4.74 Å². The standard InChI is InChI=1S/C16H23N3O/c1-3-4-5-6-9-12(2)20-16-15(17)18-13-10-7-8-11-14(13)19-16/h7-8,10-12H,3-6,9H2,1-2H3,(H2,17,18). The number of hydrogen-bond donors (Lipinski definition) is 1. The van der Waals surface area contributed by atoms with Gasteiger partial charge in [-0.3, -0.25) is 0 Å². The fourth-order valence-electron chi connectivity index (χ4n) is 2.19. The van der Waals surface area contributed by atoms with Gasteiger partial charge < -0.3 is 10.5 Å². The number of aromatic nitrogens is 2. The van der Waals surface area contributed by atoms with Gasteiger partial charge >= 0.3 is 0 Å². The number of hydrogen-bond acceptors (Lipinski definition) is 4. The molecule has 0 aliphatic carbocycles. The lowest BCUT2D eigenvalue weighted by Gasteiger charge is -2.15. The molecule has 1 heterocycles. The van der Waals surface area contributed by atoms with Crippen molar-refractivity contribution in [1.29, 1.82) is 0 Å². The first-order valence-electron chi connectivity index (χ1n) is 7.39. The van der Waals surface area contributed by atoms with Crippen LogP contribution in [0.1, 0.15) is 46.0 Å². The molecule has 2 rings (SSSR count). The minimum Gasteiger partial charge on any atom is -0.472 e. The number of nitrogen functional groups attached to an aromatic ring is 1. The average Bonchev–Trinajstić information content (AvgIpc) is 2.44. The number of anilines is 1. The number of benzene rings is 1. The molecule has 1 aromatic carbocycles. The Labute approximate surface area is 120 Å². The molecule has 4 heteroatoms. The van der Waals surface area contributed by atoms with E-state index in [2.05, 4.69) is 23.8 Å². The number of rotatable bonds is 7. The fourth-order valence-corrected chi connectivity index (χ4v) is 2.19. The number of para-hydroxylation sites is 2. The van der Waals surface area contributed by atoms with Crippen LogP contribution in [0, 0.1) is 0 Å². The van der Waals surface area contributed by atoms with Gasteiger partial charge in [0.2, 0.25) is 0 Å². The van der Waals surface area contributed by atoms with Gasteiger partial charge in [-0.15, -0.1) is 0 Å². The van der Waals surface area contributed by atoms with Crippen LogP contribution in [0.3, 0.4) is 0 Å². The molecule has 0 amide bonds. The number of unbranched alkanes of at least 4 members (excludes halogenated alkanes) is 3. The molecule has 2 N–H and O–H groups in total. The summed E-state index contributed by atoms with van der Waals surface area (Å²) < 4.78 is 5.83. The summed E-state index contributed by atoms with van der Waals surface area (Å²) in [6.07, 6.45) is 6.10. The lowest BCUT2D eigenvalue weighted by atomic mass is 10.1. The largest absolute Gasteiger partial charge is 0.472 e. The smallest absolute Gasteiger partial charge is 0.258 e. The second-order valence-corrected chi connectivity index (χ2v) is 5.18. The molecule has 0 aliphatic heterocycles. The van der Waals surface area contributed by atoms with Gasteiger partial charge in [0.25, 0.3) is 5.88 Å². The molecule has 0 aliphatic rings. The Kier molecular flexibility index (Phi) is 5.16. The van der Waals surface area contributed by atoms with Crippen LogP contribution in [0.15, 0.2) is 24.3 Å². The highest BCUT2D eigenvalue weighted by molar-refractivity contribution is 5.76. The van der Waals surface area contributed by atoms with Gasteiger partial charge in [0.15, 0.2) is 5.82 Å². The SMILES string of the molecule is CCCCCCC(C)Oc1nc2ccccc2nc1N. The summed E-state index contributed by atoms with van der Waals surface area (Å²) >= 11 is 0. The van der Waals surface area contributed by atoms with Crippen molar-refractivity contribution in [3.05, 3.63) is 24.3 Å². The van der Waals surface area contributed by atoms with Crippen LogP contribution in [0.4, 0.5) is 5.82 Å². The lowest BCUT2D eigenvalue weighted by Crippen LogP contribution is -2.14. The van der Waals surface area contributed by atoms with Crippen LogP contribution in [-0.4, -0.2) is 16.1 Å². The van der Waals surface area contributed by atoms with Crippen molar-refractivity contribution >= 4 is 16.9 Å². The first-order valence-corrected chi connectivity index (χ1v) is 7.39. The van der Waals surface area contributed by atoms with E-state index in [1.807, 2.05) is 24.3 Å². The second-order valence-electron chi connectivity index (χ2n) is 5.18. The first kappa shape index (κ1) is 14.6. The van der Waals surface area contributed by atoms with Gasteiger partial charge in [-0.1, -0.05) is 38.3 Å². The maximum atomic E-state index is 5.91. The molecule has 1 atom stereocenters. The molecule has 4 nitrogen and oxygen atoms in total. The van der Waals surface area contributed by atoms with Crippen LogP contribution in [-0.2, 0) is 0 Å². The number of fused-ring (bicyclic) bond motifs is 1. The highest BCUT2D eigenvalue weighted by Crippen LogP contribution is 2.22. The summed E-state index contributed by atoms with van der Waals surface area (Å²) in [7, 11) is 0. The molecule has 0 radical (unpaired) electrons. The Balaban J connectivity index is 1.99. The zero-order chi connectivity index (χ0) is 14.4. The predicted octanol–water partition coefficient (Wildman–Crippen LogP) is 3.95. The maximum absolute atomic E-state index is 5.91. The Morgan fingerprint density at radius 3 is 2.50 bits per heavy atom. The summed E-state index contributed by atoms with van der Waals surface area (Å²) in [6.45, 7) is 4.27. The Morgan fingerprint density at radius 1 is 1.10 bits per heavy atom. The molecule has 0 bridgehead atoms. The molecule has 1 aromatic heterocycles. The Hall–Kier alpha value is -1.84. The molecular weight excluding hydrogens is 250 g/mol. The monoisotopic (exact) mass is 273 g/mol. The average molecular weight is 273 g/mol. The Bertz CT molecular complexity index is 556. The molecular formula is C16H23N3O. The molecule has 0 saturated carbocycles. The van der Waals surface area contributed by atoms with E-state index in [9.17, 15) is 0 Å². The molecule has 2 aromatic rings. The van der Waals surface area contributed by atoms with Crippen LogP contribution in [0.25, 0.3) is 11.0 Å². The molecule has 108 valence electrons. The quantitative estimate of drug-likeness (QED) is 0.776. The van der Waals surface area contributed by atoms with E-state index in [0.29, 0.717) is 11.7 Å². The maximum Gasteiger partial charge on any atom is 0.258 e. The van der Waals surface area contributed by atoms with Gasteiger partial charge in [-0.05, 0) is 31.9 Å². The van der Waals surface area contributed by atoms with Gasteiger partial charge in [0.1, 0.15) is 0 Å². The van der Waals surface area contributed by atoms with Crippen molar-refractivity contribution in [2.75, 3.05) is 5.73 Å². The third-order valence-corrected chi connectivity index (χ3v) is 3.34. The van der Waals surface area contributed by atoms with E-state index < -0.39 is 0 Å². The summed E-state index contributed by atoms with van der Waals surface area (Å²) in [4.78, 5) is 8.78. The highest BCUT2D eigenvalue weighted by Gasteiger charge is 2.10. The fraction of sp³-hybridized carbons (Fsp3) is 0.500. The van der Waals surface area contributed by atoms with Gasteiger partial charge in [0.05, 0.1) is 17.1 Å².